The van der Waals surface area contributed by atoms with E-state index in [0.29, 0.717) is 21.6 Å². The standard InChI is InChI=1S/C22H20ClN3O3S2/c23-17-8-6-16(7-9-17)13-30-14-21(28)26-24-12-19-10-11-22(29-19)31-15-20(27)25-18-4-2-1-3-5-18/h1-12H,13-15H2,(H,25,27)(H,26,28)/b24-12+. The minimum atomic E-state index is -0.200. The summed E-state index contributed by atoms with van der Waals surface area (Å²) in [5.74, 6) is 1.39. The van der Waals surface area contributed by atoms with Crippen LogP contribution < -0.4 is 10.7 Å². The summed E-state index contributed by atoms with van der Waals surface area (Å²) < 4.78 is 5.58. The van der Waals surface area contributed by atoms with E-state index in [1.807, 2.05) is 54.6 Å². The van der Waals surface area contributed by atoms with E-state index in [-0.39, 0.29) is 23.3 Å². The van der Waals surface area contributed by atoms with Gasteiger partial charge in [0.15, 0.2) is 5.09 Å². The lowest BCUT2D eigenvalue weighted by Crippen LogP contribution is -2.19. The van der Waals surface area contributed by atoms with E-state index in [9.17, 15) is 9.59 Å². The summed E-state index contributed by atoms with van der Waals surface area (Å²) in [4.78, 5) is 23.8. The monoisotopic (exact) mass is 473 g/mol. The van der Waals surface area contributed by atoms with Gasteiger partial charge in [0.25, 0.3) is 0 Å². The molecular weight excluding hydrogens is 454 g/mol. The molecular formula is C22H20ClN3O3S2. The number of carbonyl (C=O) groups excluding carboxylic acids is 2. The Kier molecular flexibility index (Phi) is 9.08. The third-order valence-electron chi connectivity index (χ3n) is 3.80. The molecule has 3 aromatic rings. The Morgan fingerprint density at radius 1 is 0.968 bits per heavy atom. The normalized spacial score (nSPS) is 10.9. The number of carbonyl (C=O) groups is 2. The first-order chi connectivity index (χ1) is 15.1. The molecule has 2 N–H and O–H groups in total. The Hall–Kier alpha value is -2.68. The van der Waals surface area contributed by atoms with Crippen molar-refractivity contribution in [2.24, 2.45) is 5.10 Å². The van der Waals surface area contributed by atoms with Gasteiger partial charge in [-0.3, -0.25) is 9.59 Å². The Bertz CT molecular complexity index is 1020. The third kappa shape index (κ3) is 8.53. The molecule has 2 amide bonds. The van der Waals surface area contributed by atoms with E-state index in [4.69, 9.17) is 16.0 Å². The topological polar surface area (TPSA) is 83.7 Å². The molecule has 9 heteroatoms. The molecule has 3 rings (SSSR count). The molecule has 6 nitrogen and oxygen atoms in total. The van der Waals surface area contributed by atoms with E-state index in [0.717, 1.165) is 11.3 Å². The summed E-state index contributed by atoms with van der Waals surface area (Å²) in [5, 5.41) is 8.00. The molecule has 0 spiro atoms. The van der Waals surface area contributed by atoms with Crippen LogP contribution in [0.4, 0.5) is 5.69 Å². The van der Waals surface area contributed by atoms with Crippen LogP contribution in [-0.2, 0) is 15.3 Å². The number of hydrazone groups is 1. The molecule has 160 valence electrons. The summed E-state index contributed by atoms with van der Waals surface area (Å²) in [6.45, 7) is 0. The minimum Gasteiger partial charge on any atom is -0.449 e. The van der Waals surface area contributed by atoms with Crippen LogP contribution in [0.3, 0.4) is 0 Å². The number of hydrogen-bond acceptors (Lipinski definition) is 6. The summed E-state index contributed by atoms with van der Waals surface area (Å²) in [6, 6.07) is 20.3. The lowest BCUT2D eigenvalue weighted by molar-refractivity contribution is -0.118. The molecule has 31 heavy (non-hydrogen) atoms. The molecule has 0 aliphatic rings. The number of nitrogens with one attached hydrogen (secondary N) is 2. The van der Waals surface area contributed by atoms with Crippen molar-refractivity contribution < 1.29 is 14.0 Å². The first-order valence-corrected chi connectivity index (χ1v) is 11.8. The van der Waals surface area contributed by atoms with Gasteiger partial charge in [-0.1, -0.05) is 53.7 Å². The summed E-state index contributed by atoms with van der Waals surface area (Å²) >= 11 is 8.62. The average molecular weight is 474 g/mol. The predicted octanol–water partition coefficient (Wildman–Crippen LogP) is 5.05. The second kappa shape index (κ2) is 12.2. The number of anilines is 1. The van der Waals surface area contributed by atoms with E-state index in [1.165, 1.54) is 29.7 Å². The Balaban J connectivity index is 1.34. The lowest BCUT2D eigenvalue weighted by Gasteiger charge is -2.03. The van der Waals surface area contributed by atoms with Crippen LogP contribution in [0.2, 0.25) is 5.02 Å². The quantitative estimate of drug-likeness (QED) is 0.244. The van der Waals surface area contributed by atoms with Crippen LogP contribution in [-0.4, -0.2) is 29.5 Å². The average Bonchev–Trinajstić information content (AvgIpc) is 3.22. The van der Waals surface area contributed by atoms with Crippen molar-refractivity contribution in [3.05, 3.63) is 83.1 Å². The number of rotatable bonds is 10. The maximum atomic E-state index is 12.0. The Labute approximate surface area is 193 Å². The van der Waals surface area contributed by atoms with Crippen molar-refractivity contribution >= 4 is 58.8 Å². The van der Waals surface area contributed by atoms with Gasteiger partial charge in [-0.25, -0.2) is 5.43 Å². The Morgan fingerprint density at radius 2 is 1.74 bits per heavy atom. The fourth-order valence-electron chi connectivity index (χ4n) is 2.38. The third-order valence-corrected chi connectivity index (χ3v) is 5.97. The number of para-hydroxylation sites is 1. The maximum Gasteiger partial charge on any atom is 0.250 e. The number of halogens is 1. The zero-order valence-corrected chi connectivity index (χ0v) is 18.8. The van der Waals surface area contributed by atoms with Crippen LogP contribution in [0.25, 0.3) is 0 Å². The van der Waals surface area contributed by atoms with Gasteiger partial charge in [0, 0.05) is 16.5 Å². The molecule has 2 aromatic carbocycles. The highest BCUT2D eigenvalue weighted by Crippen LogP contribution is 2.20. The number of nitrogens with zero attached hydrogens (tertiary/aromatic N) is 1. The highest BCUT2D eigenvalue weighted by Gasteiger charge is 2.07. The molecule has 0 saturated heterocycles. The van der Waals surface area contributed by atoms with Crippen molar-refractivity contribution in [3.63, 3.8) is 0 Å². The van der Waals surface area contributed by atoms with E-state index < -0.39 is 0 Å². The molecule has 0 aliphatic carbocycles. The SMILES string of the molecule is O=C(CSCc1ccc(Cl)cc1)N/N=C/c1ccc(SCC(=O)Nc2ccccc2)o1. The lowest BCUT2D eigenvalue weighted by atomic mass is 10.2. The molecule has 0 radical (unpaired) electrons. The van der Waals surface area contributed by atoms with Gasteiger partial charge in [-0.05, 0) is 42.0 Å². The van der Waals surface area contributed by atoms with Gasteiger partial charge in [0.05, 0.1) is 17.7 Å². The molecule has 0 saturated carbocycles. The van der Waals surface area contributed by atoms with Gasteiger partial charge in [0.1, 0.15) is 5.76 Å². The van der Waals surface area contributed by atoms with Gasteiger partial charge in [-0.2, -0.15) is 5.10 Å². The second-order valence-corrected chi connectivity index (χ2v) is 8.67. The number of amides is 2. The predicted molar refractivity (Wildman–Crippen MR) is 128 cm³/mol. The van der Waals surface area contributed by atoms with Gasteiger partial charge >= 0.3 is 0 Å². The molecule has 0 unspecified atom stereocenters. The molecule has 0 fully saturated rings. The van der Waals surface area contributed by atoms with Gasteiger partial charge in [-0.15, -0.1) is 11.8 Å². The van der Waals surface area contributed by atoms with Crippen molar-refractivity contribution in [1.29, 1.82) is 0 Å². The highest BCUT2D eigenvalue weighted by atomic mass is 35.5. The van der Waals surface area contributed by atoms with Crippen LogP contribution in [0.5, 0.6) is 0 Å². The molecule has 0 aliphatic heterocycles. The first-order valence-electron chi connectivity index (χ1n) is 9.30. The maximum absolute atomic E-state index is 12.0. The smallest absolute Gasteiger partial charge is 0.250 e. The molecule has 0 bridgehead atoms. The number of benzene rings is 2. The highest BCUT2D eigenvalue weighted by molar-refractivity contribution is 7.99. The largest absolute Gasteiger partial charge is 0.449 e. The van der Waals surface area contributed by atoms with Crippen molar-refractivity contribution in [3.8, 4) is 0 Å². The van der Waals surface area contributed by atoms with E-state index in [1.54, 1.807) is 12.1 Å². The molecule has 0 atom stereocenters. The van der Waals surface area contributed by atoms with Crippen LogP contribution in [0.1, 0.15) is 11.3 Å². The number of furan rings is 1. The zero-order valence-electron chi connectivity index (χ0n) is 16.4. The van der Waals surface area contributed by atoms with Crippen LogP contribution in [0, 0.1) is 0 Å². The van der Waals surface area contributed by atoms with Crippen molar-refractivity contribution in [1.82, 2.24) is 5.43 Å². The van der Waals surface area contributed by atoms with Crippen LogP contribution >= 0.6 is 35.1 Å². The van der Waals surface area contributed by atoms with Gasteiger partial charge < -0.3 is 9.73 Å². The zero-order chi connectivity index (χ0) is 21.9. The summed E-state index contributed by atoms with van der Waals surface area (Å²) in [5.41, 5.74) is 4.32. The first kappa shape index (κ1) is 23.0. The number of thioether (sulfide) groups is 2. The minimum absolute atomic E-state index is 0.119. The van der Waals surface area contributed by atoms with Crippen molar-refractivity contribution in [2.75, 3.05) is 16.8 Å². The van der Waals surface area contributed by atoms with E-state index >= 15 is 0 Å². The van der Waals surface area contributed by atoms with Crippen molar-refractivity contribution in [2.45, 2.75) is 10.8 Å². The summed E-state index contributed by atoms with van der Waals surface area (Å²) in [6.07, 6.45) is 1.43. The second-order valence-electron chi connectivity index (χ2n) is 6.27. The number of hydrogen-bond donors (Lipinski definition) is 2. The Morgan fingerprint density at radius 3 is 2.52 bits per heavy atom. The fraction of sp³-hybridized carbons (Fsp3) is 0.136. The fourth-order valence-corrected chi connectivity index (χ4v) is 3.95. The molecule has 1 aromatic heterocycles. The van der Waals surface area contributed by atoms with Gasteiger partial charge in [0.2, 0.25) is 11.8 Å². The van der Waals surface area contributed by atoms with Crippen LogP contribution in [0.15, 0.2) is 81.3 Å². The van der Waals surface area contributed by atoms with E-state index in [2.05, 4.69) is 15.8 Å². The summed E-state index contributed by atoms with van der Waals surface area (Å²) in [7, 11) is 0. The molecule has 1 heterocycles.